The van der Waals surface area contributed by atoms with E-state index in [0.717, 1.165) is 0 Å². The van der Waals surface area contributed by atoms with E-state index >= 15 is 0 Å². The molecule has 0 unspecified atom stereocenters. The predicted molar refractivity (Wildman–Crippen MR) is 45.0 cm³/mol. The van der Waals surface area contributed by atoms with Crippen LogP contribution in [0.2, 0.25) is 0 Å². The Hall–Kier alpha value is -1.92. The molecule has 0 radical (unpaired) electrons. The van der Waals surface area contributed by atoms with Crippen molar-refractivity contribution in [3.8, 4) is 0 Å². The molecule has 0 aromatic rings. The van der Waals surface area contributed by atoms with Crippen molar-refractivity contribution in [3.63, 3.8) is 0 Å². The molecule has 0 aliphatic rings. The molecule has 0 fully saturated rings. The third-order valence-corrected chi connectivity index (χ3v) is 1.01. The van der Waals surface area contributed by atoms with Crippen LogP contribution in [0.15, 0.2) is 4.99 Å². The van der Waals surface area contributed by atoms with Gasteiger partial charge >= 0.3 is 12.1 Å². The Balaban J connectivity index is 4.26. The topological polar surface area (TPSA) is 128 Å². The second-order valence-electron chi connectivity index (χ2n) is 2.09. The van der Waals surface area contributed by atoms with E-state index in [1.54, 1.807) is 0 Å². The third-order valence-electron chi connectivity index (χ3n) is 1.01. The fourth-order valence-corrected chi connectivity index (χ4v) is 0.617. The van der Waals surface area contributed by atoms with Crippen molar-refractivity contribution in [1.82, 2.24) is 5.32 Å². The zero-order valence-electron chi connectivity index (χ0n) is 6.82. The molecular formula is C6H10N4O3. The molecule has 0 heterocycles. The first-order chi connectivity index (χ1) is 6.06. The van der Waals surface area contributed by atoms with E-state index in [9.17, 15) is 14.4 Å². The average molecular weight is 186 g/mol. The van der Waals surface area contributed by atoms with E-state index in [4.69, 9.17) is 11.5 Å². The fraction of sp³-hybridized carbons (Fsp3) is 0.333. The van der Waals surface area contributed by atoms with Gasteiger partial charge in [0.2, 0.25) is 0 Å². The number of primary amides is 2. The Kier molecular flexibility index (Phi) is 4.85. The van der Waals surface area contributed by atoms with Crippen LogP contribution in [-0.4, -0.2) is 24.2 Å². The predicted octanol–water partition coefficient (Wildman–Crippen LogP) is -0.889. The Bertz CT molecular complexity index is 248. The Labute approximate surface area is 74.2 Å². The van der Waals surface area contributed by atoms with Gasteiger partial charge in [-0.05, 0) is 0 Å². The maximum Gasteiger partial charge on any atom is 0.340 e. The van der Waals surface area contributed by atoms with Crippen molar-refractivity contribution < 1.29 is 14.4 Å². The highest BCUT2D eigenvalue weighted by Crippen LogP contribution is 1.88. The van der Waals surface area contributed by atoms with Crippen LogP contribution in [0.5, 0.6) is 0 Å². The van der Waals surface area contributed by atoms with Crippen LogP contribution in [0.1, 0.15) is 12.8 Å². The lowest BCUT2D eigenvalue weighted by molar-refractivity contribution is -0.107. The highest BCUT2D eigenvalue weighted by molar-refractivity contribution is 6.02. The van der Waals surface area contributed by atoms with E-state index in [1.807, 2.05) is 0 Å². The van der Waals surface area contributed by atoms with E-state index in [2.05, 4.69) is 10.3 Å². The summed E-state index contributed by atoms with van der Waals surface area (Å²) in [6, 6.07) is -1.81. The number of urea groups is 2. The largest absolute Gasteiger partial charge is 0.351 e. The molecule has 5 N–H and O–H groups in total. The first-order valence-corrected chi connectivity index (χ1v) is 3.43. The second-order valence-corrected chi connectivity index (χ2v) is 2.09. The third kappa shape index (κ3) is 6.48. The molecule has 0 spiro atoms. The maximum atomic E-state index is 10.3. The summed E-state index contributed by atoms with van der Waals surface area (Å²) in [4.78, 5) is 33.9. The molecule has 0 atom stereocenters. The minimum Gasteiger partial charge on any atom is -0.351 e. The van der Waals surface area contributed by atoms with Gasteiger partial charge in [-0.3, -0.25) is 5.32 Å². The van der Waals surface area contributed by atoms with Gasteiger partial charge < -0.3 is 16.3 Å². The summed E-state index contributed by atoms with van der Waals surface area (Å²) >= 11 is 0. The van der Waals surface area contributed by atoms with E-state index < -0.39 is 12.1 Å². The number of nitrogens with two attached hydrogens (primary N) is 2. The number of amidine groups is 1. The van der Waals surface area contributed by atoms with E-state index in [1.165, 1.54) is 0 Å². The number of aliphatic imine (C=N–C) groups is 1. The summed E-state index contributed by atoms with van der Waals surface area (Å²) in [5, 5.41) is 2.08. The Morgan fingerprint density at radius 3 is 2.38 bits per heavy atom. The highest BCUT2D eigenvalue weighted by Gasteiger charge is 2.03. The molecule has 0 rings (SSSR count). The Morgan fingerprint density at radius 1 is 1.38 bits per heavy atom. The van der Waals surface area contributed by atoms with Gasteiger partial charge in [-0.25, -0.2) is 9.59 Å². The number of hydrogen-bond donors (Lipinski definition) is 3. The van der Waals surface area contributed by atoms with Crippen LogP contribution < -0.4 is 16.8 Å². The van der Waals surface area contributed by atoms with Gasteiger partial charge in [0.15, 0.2) is 0 Å². The van der Waals surface area contributed by atoms with E-state index in [0.29, 0.717) is 6.29 Å². The minimum atomic E-state index is -0.949. The molecule has 0 saturated carbocycles. The van der Waals surface area contributed by atoms with Gasteiger partial charge in [-0.2, -0.15) is 4.99 Å². The number of nitrogens with one attached hydrogen (secondary N) is 1. The average Bonchev–Trinajstić information content (AvgIpc) is 1.98. The van der Waals surface area contributed by atoms with Crippen molar-refractivity contribution in [2.45, 2.75) is 12.8 Å². The van der Waals surface area contributed by atoms with Crippen molar-refractivity contribution in [2.75, 3.05) is 0 Å². The lowest BCUT2D eigenvalue weighted by Crippen LogP contribution is -2.36. The number of amides is 4. The molecule has 0 aliphatic heterocycles. The first-order valence-electron chi connectivity index (χ1n) is 3.43. The molecule has 0 aliphatic carbocycles. The van der Waals surface area contributed by atoms with Crippen LogP contribution in [-0.2, 0) is 4.79 Å². The van der Waals surface area contributed by atoms with Crippen molar-refractivity contribution in [3.05, 3.63) is 0 Å². The van der Waals surface area contributed by atoms with Gasteiger partial charge in [-0.1, -0.05) is 0 Å². The van der Waals surface area contributed by atoms with Crippen molar-refractivity contribution >= 4 is 24.2 Å². The summed E-state index contributed by atoms with van der Waals surface area (Å²) < 4.78 is 0. The molecule has 7 nitrogen and oxygen atoms in total. The van der Waals surface area contributed by atoms with Crippen LogP contribution >= 0.6 is 0 Å². The van der Waals surface area contributed by atoms with Gasteiger partial charge in [0.1, 0.15) is 12.1 Å². The molecule has 0 bridgehead atoms. The molecule has 4 amide bonds. The first kappa shape index (κ1) is 11.1. The quantitative estimate of drug-likeness (QED) is 0.300. The lowest BCUT2D eigenvalue weighted by atomic mass is 10.3. The van der Waals surface area contributed by atoms with Gasteiger partial charge in [0.25, 0.3) is 0 Å². The molecule has 13 heavy (non-hydrogen) atoms. The minimum absolute atomic E-state index is 0.00731. The van der Waals surface area contributed by atoms with Crippen LogP contribution in [0, 0.1) is 0 Å². The van der Waals surface area contributed by atoms with Crippen LogP contribution in [0.25, 0.3) is 0 Å². The number of carbonyl (C=O) groups is 3. The van der Waals surface area contributed by atoms with Gasteiger partial charge in [0.05, 0.1) is 0 Å². The smallest absolute Gasteiger partial charge is 0.340 e. The van der Waals surface area contributed by atoms with Crippen molar-refractivity contribution in [1.29, 1.82) is 0 Å². The molecule has 0 aromatic carbocycles. The molecule has 7 heteroatoms. The van der Waals surface area contributed by atoms with Crippen LogP contribution in [0.3, 0.4) is 0 Å². The summed E-state index contributed by atoms with van der Waals surface area (Å²) in [6.45, 7) is 0. The highest BCUT2D eigenvalue weighted by atomic mass is 16.2. The number of aldehydes is 1. The van der Waals surface area contributed by atoms with Crippen molar-refractivity contribution in [2.24, 2.45) is 16.5 Å². The van der Waals surface area contributed by atoms with Gasteiger partial charge in [0, 0.05) is 12.8 Å². The summed E-state index contributed by atoms with van der Waals surface area (Å²) in [5.41, 5.74) is 9.50. The van der Waals surface area contributed by atoms with E-state index in [-0.39, 0.29) is 18.7 Å². The standard InChI is InChI=1S/C6H10N4O3/c7-5(12)9-4(2-1-3-11)10-6(8)13/h3H,1-2H2,(H5,7,8,9,10,12,13). The number of hydrogen-bond acceptors (Lipinski definition) is 3. The number of rotatable bonds is 3. The number of nitrogens with zero attached hydrogens (tertiary/aromatic N) is 1. The summed E-state index contributed by atoms with van der Waals surface area (Å²) in [6.07, 6.45) is 0.876. The maximum absolute atomic E-state index is 10.3. The molecule has 0 saturated heterocycles. The second kappa shape index (κ2) is 5.70. The SMILES string of the molecule is NC(=O)N=C(CCC=O)NC(N)=O. The zero-order valence-corrected chi connectivity index (χ0v) is 6.82. The fourth-order valence-electron chi connectivity index (χ4n) is 0.617. The Morgan fingerprint density at radius 2 is 2.00 bits per heavy atom. The monoisotopic (exact) mass is 186 g/mol. The zero-order chi connectivity index (χ0) is 10.3. The number of carbonyl (C=O) groups excluding carboxylic acids is 3. The van der Waals surface area contributed by atoms with Crippen LogP contribution in [0.4, 0.5) is 9.59 Å². The molecule has 0 aromatic heterocycles. The van der Waals surface area contributed by atoms with Gasteiger partial charge in [-0.15, -0.1) is 0 Å². The summed E-state index contributed by atoms with van der Waals surface area (Å²) in [7, 11) is 0. The lowest BCUT2D eigenvalue weighted by Gasteiger charge is -2.02. The summed E-state index contributed by atoms with van der Waals surface area (Å²) in [5.74, 6) is -0.00731. The molecule has 72 valence electrons. The molecular weight excluding hydrogens is 176 g/mol. The normalized spacial score (nSPS) is 10.6.